The molecule has 0 aromatic rings. The molecule has 0 aliphatic heterocycles. The fourth-order valence-corrected chi connectivity index (χ4v) is 3.23. The van der Waals surface area contributed by atoms with Crippen molar-refractivity contribution in [1.29, 1.82) is 0 Å². The van der Waals surface area contributed by atoms with Gasteiger partial charge in [-0.25, -0.2) is 0 Å². The topological polar surface area (TPSA) is 58.3 Å². The summed E-state index contributed by atoms with van der Waals surface area (Å²) in [6.07, 6.45) is 4.84. The van der Waals surface area contributed by atoms with Crippen molar-refractivity contribution in [3.63, 3.8) is 0 Å². The van der Waals surface area contributed by atoms with Crippen molar-refractivity contribution in [3.8, 4) is 0 Å². The first-order chi connectivity index (χ1) is 8.74. The van der Waals surface area contributed by atoms with Crippen molar-refractivity contribution < 1.29 is 5.11 Å². The molecule has 1 rings (SSSR count). The van der Waals surface area contributed by atoms with E-state index in [0.29, 0.717) is 18.0 Å². The highest BCUT2D eigenvalue weighted by Gasteiger charge is 2.38. The van der Waals surface area contributed by atoms with E-state index in [9.17, 15) is 5.11 Å². The van der Waals surface area contributed by atoms with Gasteiger partial charge in [-0.3, -0.25) is 0 Å². The van der Waals surface area contributed by atoms with Gasteiger partial charge in [-0.15, -0.1) is 0 Å². The monoisotopic (exact) mass is 270 g/mol. The SMILES string of the molecule is CC(CO)C(C)NC1(CN)CCC(C(C)(C)C)CC1. The van der Waals surface area contributed by atoms with Gasteiger partial charge in [0.2, 0.25) is 0 Å². The van der Waals surface area contributed by atoms with Crippen LogP contribution in [-0.4, -0.2) is 29.8 Å². The molecule has 19 heavy (non-hydrogen) atoms. The van der Waals surface area contributed by atoms with Crippen LogP contribution in [-0.2, 0) is 0 Å². The number of rotatable bonds is 5. The second-order valence-electron chi connectivity index (χ2n) is 7.72. The Morgan fingerprint density at radius 2 is 1.79 bits per heavy atom. The van der Waals surface area contributed by atoms with Gasteiger partial charge in [-0.1, -0.05) is 27.7 Å². The Hall–Kier alpha value is -0.120. The number of nitrogens with one attached hydrogen (secondary N) is 1. The lowest BCUT2D eigenvalue weighted by Crippen LogP contribution is -2.58. The minimum Gasteiger partial charge on any atom is -0.396 e. The molecular formula is C16H34N2O. The summed E-state index contributed by atoms with van der Waals surface area (Å²) in [4.78, 5) is 0. The van der Waals surface area contributed by atoms with Gasteiger partial charge in [-0.2, -0.15) is 0 Å². The molecule has 2 atom stereocenters. The Morgan fingerprint density at radius 3 is 2.16 bits per heavy atom. The predicted octanol–water partition coefficient (Wildman–Crippen LogP) is 2.53. The molecule has 1 aliphatic carbocycles. The summed E-state index contributed by atoms with van der Waals surface area (Å²) >= 11 is 0. The second-order valence-corrected chi connectivity index (χ2v) is 7.72. The molecular weight excluding hydrogens is 236 g/mol. The number of aliphatic hydroxyl groups excluding tert-OH is 1. The van der Waals surface area contributed by atoms with Crippen molar-refractivity contribution in [2.75, 3.05) is 13.2 Å². The molecule has 0 heterocycles. The third-order valence-corrected chi connectivity index (χ3v) is 5.23. The Bertz CT molecular complexity index is 264. The normalized spacial score (nSPS) is 32.1. The second kappa shape index (κ2) is 6.55. The fourth-order valence-electron chi connectivity index (χ4n) is 3.23. The molecule has 114 valence electrons. The summed E-state index contributed by atoms with van der Waals surface area (Å²) in [5.41, 5.74) is 6.55. The highest BCUT2D eigenvalue weighted by molar-refractivity contribution is 4.97. The van der Waals surface area contributed by atoms with Crippen LogP contribution in [0.25, 0.3) is 0 Å². The molecule has 3 heteroatoms. The molecule has 0 amide bonds. The van der Waals surface area contributed by atoms with E-state index >= 15 is 0 Å². The fraction of sp³-hybridized carbons (Fsp3) is 1.00. The first kappa shape index (κ1) is 16.9. The lowest BCUT2D eigenvalue weighted by Gasteiger charge is -2.46. The zero-order valence-corrected chi connectivity index (χ0v) is 13.5. The lowest BCUT2D eigenvalue weighted by molar-refractivity contribution is 0.0985. The van der Waals surface area contributed by atoms with Gasteiger partial charge in [0.25, 0.3) is 0 Å². The largest absolute Gasteiger partial charge is 0.396 e. The quantitative estimate of drug-likeness (QED) is 0.719. The van der Waals surface area contributed by atoms with Gasteiger partial charge in [0.15, 0.2) is 0 Å². The number of hydrogen-bond donors (Lipinski definition) is 3. The lowest BCUT2D eigenvalue weighted by atomic mass is 9.67. The van der Waals surface area contributed by atoms with Crippen molar-refractivity contribution >= 4 is 0 Å². The summed E-state index contributed by atoms with van der Waals surface area (Å²) in [5.74, 6) is 1.09. The molecule has 0 aromatic carbocycles. The first-order valence-electron chi connectivity index (χ1n) is 7.83. The smallest absolute Gasteiger partial charge is 0.0471 e. The van der Waals surface area contributed by atoms with E-state index in [1.807, 2.05) is 0 Å². The van der Waals surface area contributed by atoms with Gasteiger partial charge < -0.3 is 16.2 Å². The summed E-state index contributed by atoms with van der Waals surface area (Å²) < 4.78 is 0. The number of hydrogen-bond acceptors (Lipinski definition) is 3. The van der Waals surface area contributed by atoms with Crippen LogP contribution in [0.1, 0.15) is 60.3 Å². The van der Waals surface area contributed by atoms with E-state index in [1.165, 1.54) is 12.8 Å². The average Bonchev–Trinajstić information content (AvgIpc) is 2.37. The molecule has 1 aliphatic rings. The van der Waals surface area contributed by atoms with Crippen molar-refractivity contribution in [1.82, 2.24) is 5.32 Å². The summed E-state index contributed by atoms with van der Waals surface area (Å²) in [7, 11) is 0. The molecule has 1 saturated carbocycles. The van der Waals surface area contributed by atoms with E-state index in [-0.39, 0.29) is 18.1 Å². The molecule has 3 nitrogen and oxygen atoms in total. The standard InChI is InChI=1S/C16H34N2O/c1-12(10-19)13(2)18-16(11-17)8-6-14(7-9-16)15(3,4)5/h12-14,18-19H,6-11,17H2,1-5H3. The minimum atomic E-state index is 0.0879. The van der Waals surface area contributed by atoms with E-state index in [2.05, 4.69) is 39.9 Å². The molecule has 4 N–H and O–H groups in total. The molecule has 0 spiro atoms. The Labute approximate surface area is 119 Å². The number of nitrogens with two attached hydrogens (primary N) is 1. The van der Waals surface area contributed by atoms with Gasteiger partial charge in [0, 0.05) is 24.7 Å². The van der Waals surface area contributed by atoms with Crippen LogP contribution < -0.4 is 11.1 Å². The zero-order chi connectivity index (χ0) is 14.7. The van der Waals surface area contributed by atoms with Crippen LogP contribution in [0, 0.1) is 17.3 Å². The third kappa shape index (κ3) is 4.44. The maximum Gasteiger partial charge on any atom is 0.0471 e. The van der Waals surface area contributed by atoms with Gasteiger partial charge in [0.1, 0.15) is 0 Å². The van der Waals surface area contributed by atoms with E-state index < -0.39 is 0 Å². The van der Waals surface area contributed by atoms with Crippen LogP contribution in [0.2, 0.25) is 0 Å². The minimum absolute atomic E-state index is 0.0879. The third-order valence-electron chi connectivity index (χ3n) is 5.23. The molecule has 0 aromatic heterocycles. The maximum absolute atomic E-state index is 9.27. The highest BCUT2D eigenvalue weighted by atomic mass is 16.3. The van der Waals surface area contributed by atoms with E-state index in [4.69, 9.17) is 5.73 Å². The predicted molar refractivity (Wildman–Crippen MR) is 82.0 cm³/mol. The number of aliphatic hydroxyl groups is 1. The summed E-state index contributed by atoms with van der Waals surface area (Å²) in [6.45, 7) is 12.2. The molecule has 2 unspecified atom stereocenters. The van der Waals surface area contributed by atoms with Crippen molar-refractivity contribution in [2.24, 2.45) is 23.0 Å². The van der Waals surface area contributed by atoms with Crippen molar-refractivity contribution in [2.45, 2.75) is 71.9 Å². The molecule has 0 radical (unpaired) electrons. The van der Waals surface area contributed by atoms with Crippen LogP contribution in [0.5, 0.6) is 0 Å². The average molecular weight is 270 g/mol. The van der Waals surface area contributed by atoms with Gasteiger partial charge in [-0.05, 0) is 49.9 Å². The van der Waals surface area contributed by atoms with Crippen LogP contribution in [0.4, 0.5) is 0 Å². The maximum atomic E-state index is 9.27. The van der Waals surface area contributed by atoms with E-state index in [0.717, 1.165) is 18.8 Å². The van der Waals surface area contributed by atoms with Crippen LogP contribution in [0.15, 0.2) is 0 Å². The Morgan fingerprint density at radius 1 is 1.26 bits per heavy atom. The van der Waals surface area contributed by atoms with E-state index in [1.54, 1.807) is 0 Å². The van der Waals surface area contributed by atoms with Gasteiger partial charge >= 0.3 is 0 Å². The van der Waals surface area contributed by atoms with Gasteiger partial charge in [0.05, 0.1) is 0 Å². The molecule has 1 fully saturated rings. The Balaban J connectivity index is 2.60. The molecule has 0 saturated heterocycles. The Kier molecular flexibility index (Phi) is 5.84. The summed E-state index contributed by atoms with van der Waals surface area (Å²) in [6, 6.07) is 0.319. The van der Waals surface area contributed by atoms with Crippen molar-refractivity contribution in [3.05, 3.63) is 0 Å². The highest BCUT2D eigenvalue weighted by Crippen LogP contribution is 2.41. The first-order valence-corrected chi connectivity index (χ1v) is 7.83. The van der Waals surface area contributed by atoms with Crippen LogP contribution in [0.3, 0.4) is 0 Å². The van der Waals surface area contributed by atoms with Crippen LogP contribution >= 0.6 is 0 Å². The summed E-state index contributed by atoms with van der Waals surface area (Å²) in [5, 5.41) is 13.0. The molecule has 0 bridgehead atoms. The zero-order valence-electron chi connectivity index (χ0n) is 13.5.